The molecule has 0 spiro atoms. The van der Waals surface area contributed by atoms with Gasteiger partial charge in [0.1, 0.15) is 5.76 Å². The van der Waals surface area contributed by atoms with E-state index in [9.17, 15) is 0 Å². The van der Waals surface area contributed by atoms with Crippen molar-refractivity contribution in [3.8, 4) is 0 Å². The molecule has 0 fully saturated rings. The molecule has 1 atom stereocenters. The highest BCUT2D eigenvalue weighted by Crippen LogP contribution is 2.24. The van der Waals surface area contributed by atoms with Crippen LogP contribution >= 0.6 is 35.3 Å². The predicted octanol–water partition coefficient (Wildman–Crippen LogP) is 3.46. The van der Waals surface area contributed by atoms with Crippen LogP contribution in [0.1, 0.15) is 17.4 Å². The number of thiophene rings is 1. The molecular formula is C9H9Cl2NOS. The molecule has 0 aliphatic carbocycles. The van der Waals surface area contributed by atoms with E-state index < -0.39 is 0 Å². The average molecular weight is 250 g/mol. The SMILES string of the molecule is Cl.N[C@H](c1ccsc1)c1ccc(Cl)o1. The monoisotopic (exact) mass is 249 g/mol. The van der Waals surface area contributed by atoms with Gasteiger partial charge >= 0.3 is 0 Å². The first-order chi connectivity index (χ1) is 6.27. The maximum absolute atomic E-state index is 5.93. The van der Waals surface area contributed by atoms with Gasteiger partial charge in [0.2, 0.25) is 0 Å². The maximum atomic E-state index is 5.93. The molecule has 0 aromatic carbocycles. The maximum Gasteiger partial charge on any atom is 0.193 e. The van der Waals surface area contributed by atoms with E-state index in [1.165, 1.54) is 0 Å². The van der Waals surface area contributed by atoms with Crippen molar-refractivity contribution in [2.45, 2.75) is 6.04 Å². The standard InChI is InChI=1S/C9H8ClNOS.ClH/c10-8-2-1-7(12-8)9(11)6-3-4-13-5-6;/h1-5,9H,11H2;1H/t9-;/m1./s1. The zero-order valence-corrected chi connectivity index (χ0v) is 9.53. The van der Waals surface area contributed by atoms with Crippen molar-refractivity contribution in [1.29, 1.82) is 0 Å². The third-order valence-corrected chi connectivity index (χ3v) is 2.71. The van der Waals surface area contributed by atoms with Crippen LogP contribution < -0.4 is 5.73 Å². The van der Waals surface area contributed by atoms with Crippen LogP contribution in [0.5, 0.6) is 0 Å². The van der Waals surface area contributed by atoms with E-state index in [-0.39, 0.29) is 18.4 Å². The number of nitrogens with two attached hydrogens (primary N) is 1. The van der Waals surface area contributed by atoms with Crippen LogP contribution in [0.4, 0.5) is 0 Å². The summed E-state index contributed by atoms with van der Waals surface area (Å²) >= 11 is 7.26. The lowest BCUT2D eigenvalue weighted by Gasteiger charge is -2.04. The van der Waals surface area contributed by atoms with Crippen molar-refractivity contribution in [3.05, 3.63) is 45.5 Å². The highest BCUT2D eigenvalue weighted by atomic mass is 35.5. The number of halogens is 2. The summed E-state index contributed by atoms with van der Waals surface area (Å²) in [7, 11) is 0. The van der Waals surface area contributed by atoms with Gasteiger partial charge in [0.25, 0.3) is 0 Å². The molecule has 2 nitrogen and oxygen atoms in total. The van der Waals surface area contributed by atoms with E-state index >= 15 is 0 Å². The minimum atomic E-state index is -0.209. The Hall–Kier alpha value is -0.480. The Morgan fingerprint density at radius 1 is 1.36 bits per heavy atom. The first kappa shape index (κ1) is 11.6. The summed E-state index contributed by atoms with van der Waals surface area (Å²) in [6.45, 7) is 0. The Morgan fingerprint density at radius 3 is 2.64 bits per heavy atom. The second kappa shape index (κ2) is 4.84. The molecule has 0 saturated carbocycles. The Kier molecular flexibility index (Phi) is 4.01. The molecule has 0 bridgehead atoms. The average Bonchev–Trinajstić information content (AvgIpc) is 2.72. The summed E-state index contributed by atoms with van der Waals surface area (Å²) < 4.78 is 5.21. The van der Waals surface area contributed by atoms with Crippen molar-refractivity contribution in [3.63, 3.8) is 0 Å². The van der Waals surface area contributed by atoms with Crippen molar-refractivity contribution in [1.82, 2.24) is 0 Å². The summed E-state index contributed by atoms with van der Waals surface area (Å²) in [6, 6.07) is 5.26. The summed E-state index contributed by atoms with van der Waals surface area (Å²) in [4.78, 5) is 0. The van der Waals surface area contributed by atoms with Crippen LogP contribution in [-0.4, -0.2) is 0 Å². The molecule has 0 unspecified atom stereocenters. The van der Waals surface area contributed by atoms with Gasteiger partial charge in [-0.2, -0.15) is 11.3 Å². The molecule has 14 heavy (non-hydrogen) atoms. The second-order valence-corrected chi connectivity index (χ2v) is 3.83. The molecule has 76 valence electrons. The van der Waals surface area contributed by atoms with Gasteiger partial charge in [-0.05, 0) is 46.1 Å². The minimum absolute atomic E-state index is 0. The second-order valence-electron chi connectivity index (χ2n) is 2.68. The van der Waals surface area contributed by atoms with Crippen molar-refractivity contribution in [2.24, 2.45) is 5.73 Å². The van der Waals surface area contributed by atoms with E-state index in [0.717, 1.165) is 5.56 Å². The topological polar surface area (TPSA) is 39.2 Å². The lowest BCUT2D eigenvalue weighted by molar-refractivity contribution is 0.492. The molecule has 0 radical (unpaired) electrons. The van der Waals surface area contributed by atoms with E-state index in [1.807, 2.05) is 16.8 Å². The van der Waals surface area contributed by atoms with E-state index in [4.69, 9.17) is 21.8 Å². The molecule has 2 N–H and O–H groups in total. The van der Waals surface area contributed by atoms with Crippen LogP contribution in [0.25, 0.3) is 0 Å². The van der Waals surface area contributed by atoms with Crippen LogP contribution in [0.3, 0.4) is 0 Å². The van der Waals surface area contributed by atoms with E-state index in [2.05, 4.69) is 0 Å². The fourth-order valence-corrected chi connectivity index (χ4v) is 1.96. The van der Waals surface area contributed by atoms with Gasteiger partial charge in [0, 0.05) is 0 Å². The first-order valence-corrected chi connectivity index (χ1v) is 5.12. The molecular weight excluding hydrogens is 241 g/mol. The van der Waals surface area contributed by atoms with Gasteiger partial charge in [-0.15, -0.1) is 12.4 Å². The molecule has 0 saturated heterocycles. The van der Waals surface area contributed by atoms with E-state index in [0.29, 0.717) is 11.0 Å². The van der Waals surface area contributed by atoms with Crippen LogP contribution in [0.2, 0.25) is 5.22 Å². The Bertz CT molecular complexity index is 385. The van der Waals surface area contributed by atoms with Gasteiger partial charge < -0.3 is 10.2 Å². The van der Waals surface area contributed by atoms with Crippen LogP contribution in [0.15, 0.2) is 33.4 Å². The third kappa shape index (κ3) is 2.30. The van der Waals surface area contributed by atoms with Gasteiger partial charge in [-0.25, -0.2) is 0 Å². The van der Waals surface area contributed by atoms with Gasteiger partial charge in [0.05, 0.1) is 6.04 Å². The molecule has 2 aromatic heterocycles. The number of hydrogen-bond acceptors (Lipinski definition) is 3. The molecule has 5 heteroatoms. The van der Waals surface area contributed by atoms with Crippen molar-refractivity contribution >= 4 is 35.3 Å². The van der Waals surface area contributed by atoms with Gasteiger partial charge in [-0.1, -0.05) is 0 Å². The summed E-state index contributed by atoms with van der Waals surface area (Å²) in [5.41, 5.74) is 6.98. The van der Waals surface area contributed by atoms with Crippen molar-refractivity contribution in [2.75, 3.05) is 0 Å². The van der Waals surface area contributed by atoms with Crippen LogP contribution in [-0.2, 0) is 0 Å². The molecule has 2 aromatic rings. The van der Waals surface area contributed by atoms with Crippen molar-refractivity contribution < 1.29 is 4.42 Å². The van der Waals surface area contributed by atoms with Gasteiger partial charge in [-0.3, -0.25) is 0 Å². The van der Waals surface area contributed by atoms with Gasteiger partial charge in [0.15, 0.2) is 5.22 Å². The Balaban J connectivity index is 0.000000980. The lowest BCUT2D eigenvalue weighted by Crippen LogP contribution is -2.09. The molecule has 0 amide bonds. The fourth-order valence-electron chi connectivity index (χ4n) is 1.11. The summed E-state index contributed by atoms with van der Waals surface area (Å²) in [5.74, 6) is 0.698. The lowest BCUT2D eigenvalue weighted by atomic mass is 10.1. The number of rotatable bonds is 2. The predicted molar refractivity (Wildman–Crippen MR) is 61.3 cm³/mol. The molecule has 0 aliphatic heterocycles. The van der Waals surface area contributed by atoms with Crippen LogP contribution in [0, 0.1) is 0 Å². The normalized spacial score (nSPS) is 12.1. The van der Waals surface area contributed by atoms with E-state index in [1.54, 1.807) is 23.5 Å². The zero-order chi connectivity index (χ0) is 9.26. The molecule has 2 heterocycles. The highest BCUT2D eigenvalue weighted by Gasteiger charge is 2.12. The Labute approximate surface area is 97.1 Å². The quantitative estimate of drug-likeness (QED) is 0.886. The summed E-state index contributed by atoms with van der Waals surface area (Å²) in [5, 5.41) is 4.36. The molecule has 0 aliphatic rings. The Morgan fingerprint density at radius 2 is 2.14 bits per heavy atom. The number of furan rings is 1. The third-order valence-electron chi connectivity index (χ3n) is 1.80. The minimum Gasteiger partial charge on any atom is -0.448 e. The number of hydrogen-bond donors (Lipinski definition) is 1. The first-order valence-electron chi connectivity index (χ1n) is 3.80. The fraction of sp³-hybridized carbons (Fsp3) is 0.111. The summed E-state index contributed by atoms with van der Waals surface area (Å²) in [6.07, 6.45) is 0. The molecule has 2 rings (SSSR count). The largest absolute Gasteiger partial charge is 0.448 e. The highest BCUT2D eigenvalue weighted by molar-refractivity contribution is 7.08. The smallest absolute Gasteiger partial charge is 0.193 e. The zero-order valence-electron chi connectivity index (χ0n) is 7.14.